The Balaban J connectivity index is 0.990. The summed E-state index contributed by atoms with van der Waals surface area (Å²) in [6.07, 6.45) is 6.81. The smallest absolute Gasteiger partial charge is 0.320 e. The van der Waals surface area contributed by atoms with Crippen LogP contribution in [0.3, 0.4) is 0 Å². The number of piperazine rings is 1. The van der Waals surface area contributed by atoms with Crippen LogP contribution >= 0.6 is 0 Å². The van der Waals surface area contributed by atoms with Gasteiger partial charge in [0, 0.05) is 62.4 Å². The number of likely N-dealkylation sites (N-methyl/N-ethyl adjacent to an activating group) is 1. The van der Waals surface area contributed by atoms with Gasteiger partial charge < -0.3 is 25.0 Å². The molecule has 2 saturated heterocycles. The first-order valence-corrected chi connectivity index (χ1v) is 19.8. The number of urea groups is 1. The number of hydrogen-bond donors (Lipinski definition) is 3. The number of anilines is 2. The van der Waals surface area contributed by atoms with Crippen molar-refractivity contribution in [3.63, 3.8) is 0 Å². The molecular formula is C42H54N10O3. The van der Waals surface area contributed by atoms with Crippen molar-refractivity contribution < 1.29 is 14.6 Å². The highest BCUT2D eigenvalue weighted by Crippen LogP contribution is 2.39. The van der Waals surface area contributed by atoms with E-state index in [1.807, 2.05) is 53.1 Å². The number of fused-ring (bicyclic) bond motifs is 2. The molecule has 3 aliphatic rings. The predicted molar refractivity (Wildman–Crippen MR) is 214 cm³/mol. The molecule has 2 amide bonds. The van der Waals surface area contributed by atoms with E-state index in [4.69, 9.17) is 9.84 Å². The van der Waals surface area contributed by atoms with Gasteiger partial charge in [-0.05, 0) is 87.5 Å². The van der Waals surface area contributed by atoms with Crippen LogP contribution in [0.2, 0.25) is 0 Å². The second-order valence-corrected chi connectivity index (χ2v) is 16.6. The lowest BCUT2D eigenvalue weighted by Crippen LogP contribution is -2.43. The molecule has 5 aromatic rings. The van der Waals surface area contributed by atoms with Crippen LogP contribution in [-0.2, 0) is 12.0 Å². The quantitative estimate of drug-likeness (QED) is 0.157. The molecule has 0 radical (unpaired) electrons. The zero-order valence-electron chi connectivity index (χ0n) is 32.7. The van der Waals surface area contributed by atoms with Gasteiger partial charge in [0.2, 0.25) is 5.95 Å². The number of hydrogen-bond acceptors (Lipinski definition) is 9. The van der Waals surface area contributed by atoms with Gasteiger partial charge in [0.15, 0.2) is 5.65 Å². The zero-order valence-corrected chi connectivity index (χ0v) is 32.7. The Morgan fingerprint density at radius 3 is 2.51 bits per heavy atom. The van der Waals surface area contributed by atoms with Crippen LogP contribution in [0.4, 0.5) is 16.6 Å². The van der Waals surface area contributed by atoms with Gasteiger partial charge in [-0.25, -0.2) is 9.48 Å². The average molecular weight is 747 g/mol. The molecule has 1 aliphatic carbocycles. The molecule has 3 N–H and O–H groups in total. The van der Waals surface area contributed by atoms with Gasteiger partial charge >= 0.3 is 6.03 Å². The van der Waals surface area contributed by atoms with Crippen molar-refractivity contribution in [1.29, 1.82) is 0 Å². The number of aromatic nitrogens is 5. The van der Waals surface area contributed by atoms with Crippen molar-refractivity contribution in [2.75, 3.05) is 50.0 Å². The Morgan fingerprint density at radius 1 is 0.927 bits per heavy atom. The summed E-state index contributed by atoms with van der Waals surface area (Å²) in [5.41, 5.74) is 5.11. The fourth-order valence-corrected chi connectivity index (χ4v) is 8.13. The van der Waals surface area contributed by atoms with Gasteiger partial charge in [0.05, 0.1) is 23.6 Å². The third-order valence-corrected chi connectivity index (χ3v) is 11.5. The topological polar surface area (TPSA) is 128 Å². The van der Waals surface area contributed by atoms with E-state index in [1.165, 1.54) is 6.42 Å². The lowest BCUT2D eigenvalue weighted by atomic mass is 9.85. The molecule has 3 atom stereocenters. The van der Waals surface area contributed by atoms with Crippen molar-refractivity contribution in [3.05, 3.63) is 89.2 Å². The number of phenolic OH excluding ortho intramolecular Hbond substituents is 1. The van der Waals surface area contributed by atoms with Gasteiger partial charge in [-0.1, -0.05) is 45.0 Å². The SMILES string of the molecule is CC1CCCCN1c1nnc2ccc(O[C@@H]3CC[C@H](NC(=O)Nc4cc(C(C)(C)C)nn4-c4ccc(O)c(CN5CCN(C)CC5)c4)c4ccccc43)cn12. The fraction of sp³-hybridized carbons (Fsp3) is 0.476. The summed E-state index contributed by atoms with van der Waals surface area (Å²) in [6, 6.07) is 19.5. The van der Waals surface area contributed by atoms with Crippen molar-refractivity contribution in [2.45, 2.75) is 89.9 Å². The molecule has 2 aromatic carbocycles. The Hall–Kier alpha value is -5.14. The number of ether oxygens (including phenoxy) is 1. The number of nitrogens with zero attached hydrogens (tertiary/aromatic N) is 8. The number of benzene rings is 2. The largest absolute Gasteiger partial charge is 0.508 e. The average Bonchev–Trinajstić information content (AvgIpc) is 3.79. The maximum atomic E-state index is 13.8. The molecule has 0 spiro atoms. The molecule has 5 heterocycles. The Labute approximate surface area is 323 Å². The first-order valence-electron chi connectivity index (χ1n) is 19.8. The molecular weight excluding hydrogens is 693 g/mol. The summed E-state index contributed by atoms with van der Waals surface area (Å²) >= 11 is 0. The minimum Gasteiger partial charge on any atom is -0.508 e. The molecule has 8 rings (SSSR count). The molecule has 290 valence electrons. The number of carbonyl (C=O) groups excluding carboxylic acids is 1. The number of aromatic hydroxyl groups is 1. The summed E-state index contributed by atoms with van der Waals surface area (Å²) in [4.78, 5) is 20.9. The predicted octanol–water partition coefficient (Wildman–Crippen LogP) is 6.82. The summed E-state index contributed by atoms with van der Waals surface area (Å²) < 4.78 is 10.5. The van der Waals surface area contributed by atoms with Crippen molar-refractivity contribution >= 4 is 23.4 Å². The normalized spacial score (nSPS) is 21.0. The second kappa shape index (κ2) is 15.2. The van der Waals surface area contributed by atoms with E-state index >= 15 is 0 Å². The highest BCUT2D eigenvalue weighted by molar-refractivity contribution is 5.89. The van der Waals surface area contributed by atoms with Crippen molar-refractivity contribution in [2.24, 2.45) is 0 Å². The number of piperidine rings is 1. The Bertz CT molecular complexity index is 2150. The van der Waals surface area contributed by atoms with Crippen LogP contribution in [-0.4, -0.2) is 91.1 Å². The monoisotopic (exact) mass is 746 g/mol. The maximum absolute atomic E-state index is 13.8. The number of pyridine rings is 1. The maximum Gasteiger partial charge on any atom is 0.320 e. The van der Waals surface area contributed by atoms with E-state index in [0.29, 0.717) is 24.8 Å². The van der Waals surface area contributed by atoms with Crippen LogP contribution < -0.4 is 20.3 Å². The lowest BCUT2D eigenvalue weighted by Gasteiger charge is -2.33. The molecule has 1 unspecified atom stereocenters. The van der Waals surface area contributed by atoms with Crippen molar-refractivity contribution in [3.8, 4) is 17.2 Å². The first-order chi connectivity index (χ1) is 26.5. The second-order valence-electron chi connectivity index (χ2n) is 16.6. The van der Waals surface area contributed by atoms with E-state index in [1.54, 1.807) is 10.7 Å². The van der Waals surface area contributed by atoms with Gasteiger partial charge in [-0.3, -0.25) is 14.6 Å². The molecule has 3 aromatic heterocycles. The highest BCUT2D eigenvalue weighted by Gasteiger charge is 2.31. The summed E-state index contributed by atoms with van der Waals surface area (Å²) in [5, 5.41) is 31.1. The Morgan fingerprint density at radius 2 is 1.73 bits per heavy atom. The summed E-state index contributed by atoms with van der Waals surface area (Å²) in [6.45, 7) is 14.1. The number of amides is 2. The molecule has 0 bridgehead atoms. The number of carbonyl (C=O) groups is 1. The molecule has 2 aliphatic heterocycles. The van der Waals surface area contributed by atoms with Crippen molar-refractivity contribution in [1.82, 2.24) is 39.5 Å². The van der Waals surface area contributed by atoms with Crippen LogP contribution in [0.15, 0.2) is 66.9 Å². The summed E-state index contributed by atoms with van der Waals surface area (Å²) in [7, 11) is 2.14. The summed E-state index contributed by atoms with van der Waals surface area (Å²) in [5.74, 6) is 2.43. The Kier molecular flexibility index (Phi) is 10.2. The molecule has 2 fully saturated rings. The molecule has 13 heteroatoms. The third-order valence-electron chi connectivity index (χ3n) is 11.5. The van der Waals surface area contributed by atoms with E-state index in [9.17, 15) is 9.90 Å². The minimum absolute atomic E-state index is 0.172. The van der Waals surface area contributed by atoms with Gasteiger partial charge in [0.25, 0.3) is 0 Å². The zero-order chi connectivity index (χ0) is 38.3. The fourth-order valence-electron chi connectivity index (χ4n) is 8.13. The van der Waals surface area contributed by atoms with Gasteiger partial charge in [-0.2, -0.15) is 5.10 Å². The standard InChI is InChI=1S/C42H54N10O3/c1-28-10-8-9-19-50(28)41-46-45-38-18-14-31(27-51(38)41)55-36-17-15-34(32-11-6-7-12-33(32)36)43-40(54)44-39-25-37(42(2,3)4)47-52(39)30-13-16-35(53)29(24-30)26-49-22-20-48(5)21-23-49/h6-7,11-14,16,18,24-25,27-28,34,36,53H,8-10,15,17,19-23,26H2,1-5H3,(H2,43,44,54)/t28?,34-,36+/m0/s1. The van der Waals surface area contributed by atoms with Crippen LogP contribution in [0.25, 0.3) is 11.3 Å². The first kappa shape index (κ1) is 36.8. The highest BCUT2D eigenvalue weighted by atomic mass is 16.5. The van der Waals surface area contributed by atoms with Gasteiger partial charge in [0.1, 0.15) is 23.4 Å². The molecule has 13 nitrogen and oxygen atoms in total. The van der Waals surface area contributed by atoms with Crippen LogP contribution in [0, 0.1) is 0 Å². The third kappa shape index (κ3) is 7.86. The van der Waals surface area contributed by atoms with E-state index in [-0.39, 0.29) is 29.3 Å². The van der Waals surface area contributed by atoms with E-state index in [2.05, 4.69) is 82.4 Å². The lowest BCUT2D eigenvalue weighted by molar-refractivity contribution is 0.147. The molecule has 55 heavy (non-hydrogen) atoms. The number of phenols is 1. The van der Waals surface area contributed by atoms with Gasteiger partial charge in [-0.15, -0.1) is 10.2 Å². The number of rotatable bonds is 8. The molecule has 0 saturated carbocycles. The van der Waals surface area contributed by atoms with E-state index in [0.717, 1.165) is 97.4 Å². The van der Waals surface area contributed by atoms with Crippen LogP contribution in [0.5, 0.6) is 11.5 Å². The number of nitrogens with one attached hydrogen (secondary N) is 2. The van der Waals surface area contributed by atoms with E-state index < -0.39 is 0 Å². The van der Waals surface area contributed by atoms with Crippen LogP contribution in [0.1, 0.15) is 94.3 Å². The minimum atomic E-state index is -0.310.